The second-order valence-electron chi connectivity index (χ2n) is 4.88. The first-order chi connectivity index (χ1) is 9.36. The third-order valence-electron chi connectivity index (χ3n) is 3.74. The molecule has 2 aliphatic rings. The summed E-state index contributed by atoms with van der Waals surface area (Å²) in [5.74, 6) is 2.42. The van der Waals surface area contributed by atoms with Crippen LogP contribution in [0, 0.1) is 5.92 Å². The number of alkyl halides is 1. The van der Waals surface area contributed by atoms with Crippen LogP contribution >= 0.6 is 11.6 Å². The normalized spacial score (nSPS) is 24.3. The minimum atomic E-state index is 0.277. The van der Waals surface area contributed by atoms with Crippen LogP contribution in [0.25, 0.3) is 0 Å². The van der Waals surface area contributed by atoms with E-state index in [2.05, 4.69) is 45.5 Å². The molecule has 0 bridgehead atoms. The summed E-state index contributed by atoms with van der Waals surface area (Å²) in [6.45, 7) is 0.995. The number of para-hydroxylation sites is 1. The Hall–Kier alpha value is -1.81. The number of halogens is 1. The third-order valence-corrected chi connectivity index (χ3v) is 3.97. The van der Waals surface area contributed by atoms with Gasteiger partial charge in [0.15, 0.2) is 5.82 Å². The predicted molar refractivity (Wildman–Crippen MR) is 72.0 cm³/mol. The highest BCUT2D eigenvalue weighted by atomic mass is 35.5. The van der Waals surface area contributed by atoms with E-state index in [9.17, 15) is 0 Å². The first-order valence-electron chi connectivity index (χ1n) is 6.28. The highest BCUT2D eigenvalue weighted by molar-refractivity contribution is 6.16. The molecule has 0 spiro atoms. The monoisotopic (exact) mass is 273 g/mol. The van der Waals surface area contributed by atoms with E-state index < -0.39 is 0 Å². The number of aromatic nitrogens is 2. The Bertz CT molecular complexity index is 637. The molecule has 4 rings (SSSR count). The van der Waals surface area contributed by atoms with E-state index in [1.165, 1.54) is 11.3 Å². The quantitative estimate of drug-likeness (QED) is 0.807. The van der Waals surface area contributed by atoms with Crippen LogP contribution < -0.4 is 4.90 Å². The lowest BCUT2D eigenvalue weighted by molar-refractivity contribution is 0.384. The molecule has 4 nitrogen and oxygen atoms in total. The van der Waals surface area contributed by atoms with Gasteiger partial charge in [-0.25, -0.2) is 0 Å². The molecule has 0 saturated heterocycles. The van der Waals surface area contributed by atoms with Gasteiger partial charge in [0.1, 0.15) is 5.88 Å². The predicted octanol–water partition coefficient (Wildman–Crippen LogP) is 2.93. The van der Waals surface area contributed by atoms with Crippen LogP contribution in [-0.4, -0.2) is 16.7 Å². The zero-order chi connectivity index (χ0) is 12.8. The molecular weight excluding hydrogens is 262 g/mol. The maximum absolute atomic E-state index is 5.67. The molecule has 0 radical (unpaired) electrons. The van der Waals surface area contributed by atoms with Gasteiger partial charge >= 0.3 is 0 Å². The standard InChI is InChI=1S/C14H12ClN3O/c15-6-12-16-14(17-19-12)13-10-7-18(8-11(10)13)9-4-2-1-3-5-9/h1-5,7,11,13H,6,8H2/t11-,13-/m0/s1. The second-order valence-corrected chi connectivity index (χ2v) is 5.15. The topological polar surface area (TPSA) is 42.2 Å². The van der Waals surface area contributed by atoms with Gasteiger partial charge in [-0.3, -0.25) is 0 Å². The van der Waals surface area contributed by atoms with E-state index in [1.807, 2.05) is 6.07 Å². The molecule has 0 unspecified atom stereocenters. The summed E-state index contributed by atoms with van der Waals surface area (Å²) in [5, 5.41) is 4.00. The first-order valence-corrected chi connectivity index (χ1v) is 6.82. The van der Waals surface area contributed by atoms with Gasteiger partial charge in [-0.2, -0.15) is 4.98 Å². The lowest BCUT2D eigenvalue weighted by atomic mass is 10.2. The fourth-order valence-electron chi connectivity index (χ4n) is 2.75. The largest absolute Gasteiger partial charge is 0.347 e. The maximum Gasteiger partial charge on any atom is 0.241 e. The van der Waals surface area contributed by atoms with Crippen molar-refractivity contribution in [3.8, 4) is 0 Å². The van der Waals surface area contributed by atoms with Crippen molar-refractivity contribution in [1.29, 1.82) is 0 Å². The molecule has 5 heteroatoms. The van der Waals surface area contributed by atoms with Gasteiger partial charge in [-0.05, 0) is 17.7 Å². The van der Waals surface area contributed by atoms with Gasteiger partial charge in [0.2, 0.25) is 5.89 Å². The minimum absolute atomic E-state index is 0.277. The molecule has 1 aliphatic carbocycles. The number of nitrogens with zero attached hydrogens (tertiary/aromatic N) is 3. The molecule has 0 amide bonds. The lowest BCUT2D eigenvalue weighted by Gasteiger charge is -2.17. The Morgan fingerprint density at radius 1 is 1.32 bits per heavy atom. The van der Waals surface area contributed by atoms with Gasteiger partial charge in [-0.15, -0.1) is 11.6 Å². The molecular formula is C14H12ClN3O. The second kappa shape index (κ2) is 4.10. The number of anilines is 1. The molecule has 1 aromatic heterocycles. The van der Waals surface area contributed by atoms with Crippen molar-refractivity contribution in [3.05, 3.63) is 53.8 Å². The number of hydrogen-bond donors (Lipinski definition) is 0. The van der Waals surface area contributed by atoms with Crippen molar-refractivity contribution >= 4 is 17.3 Å². The van der Waals surface area contributed by atoms with E-state index in [-0.39, 0.29) is 5.88 Å². The molecule has 2 atom stereocenters. The Labute approximate surface area is 115 Å². The van der Waals surface area contributed by atoms with E-state index in [0.29, 0.717) is 17.7 Å². The summed E-state index contributed by atoms with van der Waals surface area (Å²) in [7, 11) is 0. The Balaban J connectivity index is 1.54. The number of fused-ring (bicyclic) bond motifs is 1. The zero-order valence-electron chi connectivity index (χ0n) is 10.2. The SMILES string of the molecule is ClCc1nc([C@H]2C3=CN(c4ccccc4)C[C@@H]32)no1. The highest BCUT2D eigenvalue weighted by Gasteiger charge is 2.52. The van der Waals surface area contributed by atoms with Gasteiger partial charge < -0.3 is 9.42 Å². The van der Waals surface area contributed by atoms with Crippen LogP contribution in [0.5, 0.6) is 0 Å². The fraction of sp³-hybridized carbons (Fsp3) is 0.286. The summed E-state index contributed by atoms with van der Waals surface area (Å²) in [4.78, 5) is 6.58. The molecule has 1 saturated carbocycles. The van der Waals surface area contributed by atoms with Crippen LogP contribution in [-0.2, 0) is 5.88 Å². The van der Waals surface area contributed by atoms with Gasteiger partial charge in [0.25, 0.3) is 0 Å². The van der Waals surface area contributed by atoms with Crippen molar-refractivity contribution in [2.24, 2.45) is 5.92 Å². The molecule has 96 valence electrons. The maximum atomic E-state index is 5.67. The molecule has 1 fully saturated rings. The number of hydrogen-bond acceptors (Lipinski definition) is 4. The van der Waals surface area contributed by atoms with E-state index in [4.69, 9.17) is 16.1 Å². The smallest absolute Gasteiger partial charge is 0.241 e. The average Bonchev–Trinajstić information content (AvgIpc) is 2.89. The van der Waals surface area contributed by atoms with E-state index in [1.54, 1.807) is 0 Å². The Morgan fingerprint density at radius 3 is 2.79 bits per heavy atom. The molecule has 2 heterocycles. The van der Waals surface area contributed by atoms with Crippen LogP contribution in [0.1, 0.15) is 17.6 Å². The van der Waals surface area contributed by atoms with Crippen molar-refractivity contribution < 1.29 is 4.52 Å². The van der Waals surface area contributed by atoms with Crippen molar-refractivity contribution in [2.45, 2.75) is 11.8 Å². The summed E-state index contributed by atoms with van der Waals surface area (Å²) in [6.07, 6.45) is 2.21. The van der Waals surface area contributed by atoms with Crippen LogP contribution in [0.4, 0.5) is 5.69 Å². The molecule has 0 N–H and O–H groups in total. The lowest BCUT2D eigenvalue weighted by Crippen LogP contribution is -2.16. The van der Waals surface area contributed by atoms with Gasteiger partial charge in [0, 0.05) is 24.4 Å². The zero-order valence-corrected chi connectivity index (χ0v) is 10.9. The molecule has 2 aromatic rings. The average molecular weight is 274 g/mol. The van der Waals surface area contributed by atoms with Gasteiger partial charge in [-0.1, -0.05) is 23.4 Å². The molecule has 1 aromatic carbocycles. The van der Waals surface area contributed by atoms with E-state index >= 15 is 0 Å². The minimum Gasteiger partial charge on any atom is -0.347 e. The first kappa shape index (κ1) is 11.1. The van der Waals surface area contributed by atoms with Crippen LogP contribution in [0.15, 0.2) is 46.6 Å². The summed E-state index contributed by atoms with van der Waals surface area (Å²) in [6, 6.07) is 10.4. The summed E-state index contributed by atoms with van der Waals surface area (Å²) < 4.78 is 5.06. The van der Waals surface area contributed by atoms with Crippen molar-refractivity contribution in [2.75, 3.05) is 11.4 Å². The molecule has 1 aliphatic heterocycles. The highest BCUT2D eigenvalue weighted by Crippen LogP contribution is 2.56. The van der Waals surface area contributed by atoms with Gasteiger partial charge in [0.05, 0.1) is 5.92 Å². The van der Waals surface area contributed by atoms with Crippen molar-refractivity contribution in [1.82, 2.24) is 10.1 Å². The van der Waals surface area contributed by atoms with Crippen molar-refractivity contribution in [3.63, 3.8) is 0 Å². The Morgan fingerprint density at radius 2 is 2.16 bits per heavy atom. The number of rotatable bonds is 3. The summed E-state index contributed by atoms with van der Waals surface area (Å²) >= 11 is 5.67. The molecule has 19 heavy (non-hydrogen) atoms. The van der Waals surface area contributed by atoms with Crippen LogP contribution in [0.2, 0.25) is 0 Å². The third kappa shape index (κ3) is 1.75. The van der Waals surface area contributed by atoms with E-state index in [0.717, 1.165) is 12.4 Å². The van der Waals surface area contributed by atoms with Crippen LogP contribution in [0.3, 0.4) is 0 Å². The Kier molecular flexibility index (Phi) is 2.38. The fourth-order valence-corrected chi connectivity index (χ4v) is 2.86. The summed E-state index contributed by atoms with van der Waals surface area (Å²) in [5.41, 5.74) is 2.63. The number of benzene rings is 1.